The first-order valence-corrected chi connectivity index (χ1v) is 7.30. The third kappa shape index (κ3) is 2.03. The molecule has 2 aliphatic heterocycles. The highest BCUT2D eigenvalue weighted by Crippen LogP contribution is 2.48. The molecule has 0 bridgehead atoms. The zero-order valence-electron chi connectivity index (χ0n) is 12.4. The van der Waals surface area contributed by atoms with Crippen LogP contribution in [-0.2, 0) is 19.7 Å². The predicted molar refractivity (Wildman–Crippen MR) is 79.3 cm³/mol. The van der Waals surface area contributed by atoms with Crippen molar-refractivity contribution in [2.75, 3.05) is 31.6 Å². The molecule has 2 aliphatic rings. The van der Waals surface area contributed by atoms with Crippen molar-refractivity contribution in [3.05, 3.63) is 29.3 Å². The number of amides is 1. The van der Waals surface area contributed by atoms with Gasteiger partial charge in [-0.2, -0.15) is 0 Å². The molecule has 1 amide bonds. The number of carbonyl (C=O) groups excluding carboxylic acids is 2. The van der Waals surface area contributed by atoms with Gasteiger partial charge in [0.15, 0.2) is 0 Å². The highest BCUT2D eigenvalue weighted by atomic mass is 16.5. The van der Waals surface area contributed by atoms with Crippen LogP contribution < -0.4 is 10.2 Å². The van der Waals surface area contributed by atoms with Gasteiger partial charge in [-0.05, 0) is 50.0 Å². The molecule has 0 aromatic heterocycles. The molecule has 0 saturated carbocycles. The molecule has 1 spiro atoms. The SMILES string of the molecule is COC(=O)CN1C(=O)C2(CCNCC2)c2c(C)cccc21. The van der Waals surface area contributed by atoms with E-state index >= 15 is 0 Å². The topological polar surface area (TPSA) is 58.6 Å². The minimum Gasteiger partial charge on any atom is -0.468 e. The van der Waals surface area contributed by atoms with Gasteiger partial charge in [0, 0.05) is 5.69 Å². The van der Waals surface area contributed by atoms with E-state index in [0.717, 1.165) is 42.7 Å². The number of piperidine rings is 1. The van der Waals surface area contributed by atoms with Crippen molar-refractivity contribution >= 4 is 17.6 Å². The number of anilines is 1. The Morgan fingerprint density at radius 3 is 2.76 bits per heavy atom. The van der Waals surface area contributed by atoms with Crippen LogP contribution in [0.15, 0.2) is 18.2 Å². The van der Waals surface area contributed by atoms with Crippen LogP contribution in [0.1, 0.15) is 24.0 Å². The maximum Gasteiger partial charge on any atom is 0.325 e. The largest absolute Gasteiger partial charge is 0.468 e. The number of ether oxygens (including phenoxy) is 1. The molecule has 0 atom stereocenters. The Labute approximate surface area is 124 Å². The second-order valence-electron chi connectivity index (χ2n) is 5.77. The second-order valence-corrected chi connectivity index (χ2v) is 5.77. The van der Waals surface area contributed by atoms with Crippen molar-refractivity contribution in [2.45, 2.75) is 25.2 Å². The summed E-state index contributed by atoms with van der Waals surface area (Å²) in [6.45, 7) is 3.68. The summed E-state index contributed by atoms with van der Waals surface area (Å²) in [5.74, 6) is -0.347. The lowest BCUT2D eigenvalue weighted by molar-refractivity contribution is -0.140. The molecule has 1 saturated heterocycles. The van der Waals surface area contributed by atoms with E-state index < -0.39 is 5.41 Å². The Hall–Kier alpha value is -1.88. The van der Waals surface area contributed by atoms with Gasteiger partial charge in [-0.15, -0.1) is 0 Å². The number of carbonyl (C=O) groups is 2. The van der Waals surface area contributed by atoms with Crippen LogP contribution in [0.4, 0.5) is 5.69 Å². The smallest absolute Gasteiger partial charge is 0.325 e. The highest BCUT2D eigenvalue weighted by Gasteiger charge is 2.52. The van der Waals surface area contributed by atoms with Gasteiger partial charge in [-0.1, -0.05) is 12.1 Å². The summed E-state index contributed by atoms with van der Waals surface area (Å²) < 4.78 is 4.74. The fraction of sp³-hybridized carbons (Fsp3) is 0.500. The number of methoxy groups -OCH3 is 1. The molecule has 1 N–H and O–H groups in total. The summed E-state index contributed by atoms with van der Waals surface area (Å²) in [5.41, 5.74) is 2.61. The standard InChI is InChI=1S/C16H20N2O3/c1-11-4-3-5-12-14(11)16(6-8-17-9-7-16)15(20)18(12)10-13(19)21-2/h3-5,17H,6-10H2,1-2H3. The molecule has 0 radical (unpaired) electrons. The number of hydrogen-bond acceptors (Lipinski definition) is 4. The van der Waals surface area contributed by atoms with Crippen LogP contribution in [-0.4, -0.2) is 38.6 Å². The number of aryl methyl sites for hydroxylation is 1. The molecule has 2 heterocycles. The summed E-state index contributed by atoms with van der Waals surface area (Å²) in [6, 6.07) is 5.91. The molecular formula is C16H20N2O3. The van der Waals surface area contributed by atoms with Gasteiger partial charge >= 0.3 is 5.97 Å². The first kappa shape index (κ1) is 14.1. The molecule has 0 aliphatic carbocycles. The lowest BCUT2D eigenvalue weighted by Gasteiger charge is -2.33. The lowest BCUT2D eigenvalue weighted by atomic mass is 9.72. The molecular weight excluding hydrogens is 268 g/mol. The van der Waals surface area contributed by atoms with E-state index in [2.05, 4.69) is 5.32 Å². The van der Waals surface area contributed by atoms with Crippen molar-refractivity contribution in [1.82, 2.24) is 5.32 Å². The number of fused-ring (bicyclic) bond motifs is 2. The molecule has 1 aromatic carbocycles. The fourth-order valence-corrected chi connectivity index (χ4v) is 3.64. The monoisotopic (exact) mass is 288 g/mol. The zero-order valence-corrected chi connectivity index (χ0v) is 12.4. The maximum absolute atomic E-state index is 13.0. The third-order valence-electron chi connectivity index (χ3n) is 4.65. The highest BCUT2D eigenvalue weighted by molar-refractivity contribution is 6.10. The first-order chi connectivity index (χ1) is 10.1. The molecule has 1 aromatic rings. The van der Waals surface area contributed by atoms with Gasteiger partial charge in [0.1, 0.15) is 6.54 Å². The molecule has 1 fully saturated rings. The van der Waals surface area contributed by atoms with Crippen molar-refractivity contribution in [3.8, 4) is 0 Å². The molecule has 21 heavy (non-hydrogen) atoms. The van der Waals surface area contributed by atoms with Gasteiger partial charge < -0.3 is 15.0 Å². The zero-order chi connectivity index (χ0) is 15.0. The molecule has 112 valence electrons. The number of rotatable bonds is 2. The van der Waals surface area contributed by atoms with E-state index in [9.17, 15) is 9.59 Å². The van der Waals surface area contributed by atoms with E-state index in [1.165, 1.54) is 7.11 Å². The summed E-state index contributed by atoms with van der Waals surface area (Å²) in [4.78, 5) is 26.3. The Morgan fingerprint density at radius 1 is 1.38 bits per heavy atom. The number of hydrogen-bond donors (Lipinski definition) is 1. The van der Waals surface area contributed by atoms with Crippen molar-refractivity contribution in [3.63, 3.8) is 0 Å². The third-order valence-corrected chi connectivity index (χ3v) is 4.65. The maximum atomic E-state index is 13.0. The van der Waals surface area contributed by atoms with Crippen LogP contribution in [0.3, 0.4) is 0 Å². The number of benzene rings is 1. The molecule has 3 rings (SSSR count). The normalized spacial score (nSPS) is 19.7. The van der Waals surface area contributed by atoms with Crippen LogP contribution in [0.25, 0.3) is 0 Å². The van der Waals surface area contributed by atoms with Crippen LogP contribution in [0.5, 0.6) is 0 Å². The molecule has 5 heteroatoms. The summed E-state index contributed by atoms with van der Waals surface area (Å²) in [7, 11) is 1.35. The summed E-state index contributed by atoms with van der Waals surface area (Å²) in [6.07, 6.45) is 1.56. The van der Waals surface area contributed by atoms with E-state index in [1.54, 1.807) is 4.90 Å². The summed E-state index contributed by atoms with van der Waals surface area (Å²) in [5, 5.41) is 3.31. The average Bonchev–Trinajstić information content (AvgIpc) is 2.72. The average molecular weight is 288 g/mol. The first-order valence-electron chi connectivity index (χ1n) is 7.30. The van der Waals surface area contributed by atoms with E-state index in [4.69, 9.17) is 4.74 Å². The van der Waals surface area contributed by atoms with Gasteiger partial charge in [0.05, 0.1) is 12.5 Å². The molecule has 0 unspecified atom stereocenters. The second kappa shape index (κ2) is 5.15. The quantitative estimate of drug-likeness (QED) is 0.829. The van der Waals surface area contributed by atoms with Crippen molar-refractivity contribution < 1.29 is 14.3 Å². The minimum atomic E-state index is -0.472. The van der Waals surface area contributed by atoms with Crippen LogP contribution >= 0.6 is 0 Å². The van der Waals surface area contributed by atoms with Gasteiger partial charge in [0.25, 0.3) is 0 Å². The van der Waals surface area contributed by atoms with Crippen LogP contribution in [0, 0.1) is 6.92 Å². The Balaban J connectivity index is 2.09. The Kier molecular flexibility index (Phi) is 3.45. The van der Waals surface area contributed by atoms with Gasteiger partial charge in [-0.25, -0.2) is 0 Å². The van der Waals surface area contributed by atoms with E-state index in [0.29, 0.717) is 0 Å². The number of nitrogens with one attached hydrogen (secondary N) is 1. The van der Waals surface area contributed by atoms with Crippen molar-refractivity contribution in [2.24, 2.45) is 0 Å². The van der Waals surface area contributed by atoms with E-state index in [-0.39, 0.29) is 18.4 Å². The van der Waals surface area contributed by atoms with Gasteiger partial charge in [0.2, 0.25) is 5.91 Å². The molecule has 5 nitrogen and oxygen atoms in total. The number of esters is 1. The van der Waals surface area contributed by atoms with Crippen LogP contribution in [0.2, 0.25) is 0 Å². The lowest BCUT2D eigenvalue weighted by Crippen LogP contribution is -2.48. The Bertz CT molecular complexity index is 591. The van der Waals surface area contributed by atoms with Crippen molar-refractivity contribution in [1.29, 1.82) is 0 Å². The van der Waals surface area contributed by atoms with E-state index in [1.807, 2.05) is 25.1 Å². The minimum absolute atomic E-state index is 0.0129. The fourth-order valence-electron chi connectivity index (χ4n) is 3.64. The summed E-state index contributed by atoms with van der Waals surface area (Å²) >= 11 is 0. The predicted octanol–water partition coefficient (Wildman–Crippen LogP) is 1.14. The number of nitrogens with zero attached hydrogens (tertiary/aromatic N) is 1. The Morgan fingerprint density at radius 2 is 2.10 bits per heavy atom. The van der Waals surface area contributed by atoms with Gasteiger partial charge in [-0.3, -0.25) is 9.59 Å².